The van der Waals surface area contributed by atoms with E-state index in [9.17, 15) is 9.59 Å². The molecule has 0 saturated carbocycles. The van der Waals surface area contributed by atoms with Crippen LogP contribution in [0.15, 0.2) is 12.1 Å². The summed E-state index contributed by atoms with van der Waals surface area (Å²) in [7, 11) is 0. The number of benzene rings is 1. The number of carbonyl (C=O) groups excluding carboxylic acids is 2. The number of cyclic esters (lactones) is 1. The fraction of sp³-hybridized carbons (Fsp3) is 0.550. The van der Waals surface area contributed by atoms with E-state index in [1.807, 2.05) is 0 Å². The predicted molar refractivity (Wildman–Crippen MR) is 110 cm³/mol. The molecule has 2 amide bonds. The number of carbonyl (C=O) groups is 2. The molecule has 2 aliphatic rings. The summed E-state index contributed by atoms with van der Waals surface area (Å²) in [6.07, 6.45) is 0.629. The van der Waals surface area contributed by atoms with Crippen LogP contribution >= 0.6 is 0 Å². The SMILES string of the molecule is CC(=O)NCC1CN(c2cc(F)c(N3CCC(C)CC3Cc3nn[nH]n3)c(F)c2)C(=O)O1. The van der Waals surface area contributed by atoms with Crippen molar-refractivity contribution < 1.29 is 23.1 Å². The van der Waals surface area contributed by atoms with Crippen molar-refractivity contribution in [3.63, 3.8) is 0 Å². The number of H-pyrrole nitrogens is 1. The molecule has 1 aromatic carbocycles. The standard InChI is InChI=1S/C20H25F2N7O3/c1-11-3-4-28(13(5-11)8-18-24-26-27-25-18)19-16(21)6-14(7-17(19)22)29-10-15(32-20(29)31)9-23-12(2)30/h6-7,11,13,15H,3-5,8-10H2,1-2H3,(H,23,30)(H,24,25,26,27). The fourth-order valence-electron chi connectivity index (χ4n) is 4.30. The van der Waals surface area contributed by atoms with Crippen molar-refractivity contribution >= 4 is 23.4 Å². The third-order valence-electron chi connectivity index (χ3n) is 5.84. The van der Waals surface area contributed by atoms with Gasteiger partial charge in [-0.15, -0.1) is 10.2 Å². The molecular formula is C20H25F2N7O3. The monoisotopic (exact) mass is 449 g/mol. The normalized spacial score (nSPS) is 23.4. The second kappa shape index (κ2) is 9.05. The zero-order valence-electron chi connectivity index (χ0n) is 17.8. The predicted octanol–water partition coefficient (Wildman–Crippen LogP) is 1.79. The highest BCUT2D eigenvalue weighted by molar-refractivity contribution is 5.90. The van der Waals surface area contributed by atoms with Gasteiger partial charge in [-0.3, -0.25) is 9.69 Å². The molecule has 32 heavy (non-hydrogen) atoms. The molecule has 12 heteroatoms. The van der Waals surface area contributed by atoms with E-state index in [4.69, 9.17) is 4.74 Å². The summed E-state index contributed by atoms with van der Waals surface area (Å²) in [5.41, 5.74) is -0.0596. The highest BCUT2D eigenvalue weighted by atomic mass is 19.1. The molecular weight excluding hydrogens is 424 g/mol. The molecule has 0 bridgehead atoms. The van der Waals surface area contributed by atoms with Gasteiger partial charge in [0.25, 0.3) is 0 Å². The minimum Gasteiger partial charge on any atom is -0.442 e. The van der Waals surface area contributed by atoms with Crippen molar-refractivity contribution in [2.24, 2.45) is 5.92 Å². The topological polar surface area (TPSA) is 116 Å². The lowest BCUT2D eigenvalue weighted by molar-refractivity contribution is -0.119. The molecule has 2 fully saturated rings. The van der Waals surface area contributed by atoms with Crippen LogP contribution < -0.4 is 15.1 Å². The molecule has 2 saturated heterocycles. The first-order chi connectivity index (χ1) is 15.3. The first-order valence-corrected chi connectivity index (χ1v) is 10.5. The van der Waals surface area contributed by atoms with E-state index in [0.29, 0.717) is 24.7 Å². The van der Waals surface area contributed by atoms with Crippen LogP contribution in [0, 0.1) is 17.6 Å². The lowest BCUT2D eigenvalue weighted by Crippen LogP contribution is -2.44. The lowest BCUT2D eigenvalue weighted by Gasteiger charge is -2.40. The number of hydrogen-bond acceptors (Lipinski definition) is 7. The van der Waals surface area contributed by atoms with Crippen LogP contribution in [0.4, 0.5) is 25.0 Å². The van der Waals surface area contributed by atoms with E-state index < -0.39 is 23.8 Å². The maximum atomic E-state index is 15.2. The van der Waals surface area contributed by atoms with E-state index in [1.165, 1.54) is 6.92 Å². The van der Waals surface area contributed by atoms with Crippen molar-refractivity contribution in [1.82, 2.24) is 25.9 Å². The molecule has 3 unspecified atom stereocenters. The Morgan fingerprint density at radius 3 is 2.75 bits per heavy atom. The van der Waals surface area contributed by atoms with E-state index >= 15 is 8.78 Å². The Labute approximate surface area is 183 Å². The molecule has 1 aromatic heterocycles. The molecule has 0 radical (unpaired) electrons. The van der Waals surface area contributed by atoms with E-state index in [0.717, 1.165) is 29.9 Å². The summed E-state index contributed by atoms with van der Waals surface area (Å²) < 4.78 is 35.6. The average Bonchev–Trinajstić information content (AvgIpc) is 3.37. The number of aromatic nitrogens is 4. The van der Waals surface area contributed by atoms with Crippen molar-refractivity contribution in [2.45, 2.75) is 45.3 Å². The molecule has 0 spiro atoms. The fourth-order valence-corrected chi connectivity index (χ4v) is 4.30. The van der Waals surface area contributed by atoms with Crippen molar-refractivity contribution in [3.8, 4) is 0 Å². The Hall–Kier alpha value is -3.31. The van der Waals surface area contributed by atoms with Gasteiger partial charge in [-0.1, -0.05) is 12.1 Å². The summed E-state index contributed by atoms with van der Waals surface area (Å²) in [6, 6.07) is 2.10. The second-order valence-electron chi connectivity index (χ2n) is 8.32. The van der Waals surface area contributed by atoms with Crippen LogP contribution in [0.2, 0.25) is 0 Å². The summed E-state index contributed by atoms with van der Waals surface area (Å²) in [5, 5.41) is 16.5. The van der Waals surface area contributed by atoms with Gasteiger partial charge in [0.05, 0.1) is 18.8 Å². The largest absolute Gasteiger partial charge is 0.442 e. The lowest BCUT2D eigenvalue weighted by atomic mass is 9.90. The molecule has 172 valence electrons. The first-order valence-electron chi connectivity index (χ1n) is 10.5. The molecule has 4 rings (SSSR count). The Morgan fingerprint density at radius 1 is 1.34 bits per heavy atom. The van der Waals surface area contributed by atoms with Crippen molar-refractivity contribution in [1.29, 1.82) is 0 Å². The smallest absolute Gasteiger partial charge is 0.414 e. The van der Waals surface area contributed by atoms with Crippen molar-refractivity contribution in [2.75, 3.05) is 29.4 Å². The van der Waals surface area contributed by atoms with Crippen LogP contribution in [-0.4, -0.2) is 64.4 Å². The summed E-state index contributed by atoms with van der Waals surface area (Å²) >= 11 is 0. The number of amides is 2. The zero-order valence-corrected chi connectivity index (χ0v) is 17.8. The van der Waals surface area contributed by atoms with Crippen LogP contribution in [0.25, 0.3) is 0 Å². The number of hydrogen-bond donors (Lipinski definition) is 2. The average molecular weight is 449 g/mol. The third-order valence-corrected chi connectivity index (χ3v) is 5.84. The van der Waals surface area contributed by atoms with E-state index in [2.05, 4.69) is 32.9 Å². The van der Waals surface area contributed by atoms with Gasteiger partial charge in [-0.25, -0.2) is 13.6 Å². The van der Waals surface area contributed by atoms with Crippen LogP contribution in [0.5, 0.6) is 0 Å². The number of piperidine rings is 1. The molecule has 2 aromatic rings. The number of halogens is 2. The molecule has 2 N–H and O–H groups in total. The number of nitrogens with zero attached hydrogens (tertiary/aromatic N) is 5. The van der Waals surface area contributed by atoms with Gasteiger partial charge < -0.3 is 15.0 Å². The van der Waals surface area contributed by atoms with E-state index in [1.54, 1.807) is 4.90 Å². The zero-order chi connectivity index (χ0) is 22.8. The number of ether oxygens (including phenoxy) is 1. The van der Waals surface area contributed by atoms with Crippen molar-refractivity contribution in [3.05, 3.63) is 29.6 Å². The maximum Gasteiger partial charge on any atom is 0.414 e. The number of rotatable bonds is 6. The maximum absolute atomic E-state index is 15.2. The van der Waals surface area contributed by atoms with Gasteiger partial charge >= 0.3 is 6.09 Å². The summed E-state index contributed by atoms with van der Waals surface area (Å²) in [4.78, 5) is 26.2. The number of tetrazole rings is 1. The Bertz CT molecular complexity index is 965. The van der Waals surface area contributed by atoms with Gasteiger partial charge in [0, 0.05) is 38.1 Å². The van der Waals surface area contributed by atoms with Gasteiger partial charge in [-0.2, -0.15) is 5.21 Å². The number of aromatic amines is 1. The highest BCUT2D eigenvalue weighted by Gasteiger charge is 2.35. The minimum absolute atomic E-state index is 0.0687. The van der Waals surface area contributed by atoms with Crippen LogP contribution in [-0.2, 0) is 16.0 Å². The van der Waals surface area contributed by atoms with Gasteiger partial charge in [0.1, 0.15) is 11.8 Å². The van der Waals surface area contributed by atoms with Gasteiger partial charge in [0.15, 0.2) is 17.5 Å². The number of anilines is 2. The van der Waals surface area contributed by atoms with Crippen LogP contribution in [0.1, 0.15) is 32.5 Å². The Morgan fingerprint density at radius 2 is 2.09 bits per heavy atom. The van der Waals surface area contributed by atoms with Crippen LogP contribution in [0.3, 0.4) is 0 Å². The quantitative estimate of drug-likeness (QED) is 0.691. The Kier molecular flexibility index (Phi) is 6.19. The van der Waals surface area contributed by atoms with Gasteiger partial charge in [0.2, 0.25) is 5.91 Å². The summed E-state index contributed by atoms with van der Waals surface area (Å²) in [6.45, 7) is 4.16. The highest BCUT2D eigenvalue weighted by Crippen LogP contribution is 2.36. The molecule has 10 nitrogen and oxygen atoms in total. The molecule has 0 aliphatic carbocycles. The third kappa shape index (κ3) is 4.63. The molecule has 2 aliphatic heterocycles. The number of nitrogens with one attached hydrogen (secondary N) is 2. The second-order valence-corrected chi connectivity index (χ2v) is 8.32. The van der Waals surface area contributed by atoms with E-state index in [-0.39, 0.29) is 36.4 Å². The first kappa shape index (κ1) is 21.9. The minimum atomic E-state index is -0.759. The molecule has 3 heterocycles. The molecule has 3 atom stereocenters. The summed E-state index contributed by atoms with van der Waals surface area (Å²) in [5.74, 6) is -0.895. The Balaban J connectivity index is 1.55. The van der Waals surface area contributed by atoms with Gasteiger partial charge in [-0.05, 0) is 18.8 Å².